The molecule has 2 aromatic rings. The number of rotatable bonds is 6. The molecule has 0 aliphatic heterocycles. The summed E-state index contributed by atoms with van der Waals surface area (Å²) in [5, 5.41) is 16.8. The third-order valence-corrected chi connectivity index (χ3v) is 4.15. The summed E-state index contributed by atoms with van der Waals surface area (Å²) in [6.45, 7) is 3.46. The van der Waals surface area contributed by atoms with Crippen molar-refractivity contribution < 1.29 is 18.7 Å². The number of anilines is 1. The lowest BCUT2D eigenvalue weighted by Crippen LogP contribution is -2.22. The van der Waals surface area contributed by atoms with Crippen molar-refractivity contribution in [2.75, 3.05) is 12.4 Å². The third-order valence-electron chi connectivity index (χ3n) is 3.21. The van der Waals surface area contributed by atoms with Crippen molar-refractivity contribution in [3.05, 3.63) is 39.6 Å². The highest BCUT2D eigenvalue weighted by Gasteiger charge is 2.16. The Morgan fingerprint density at radius 3 is 2.78 bits per heavy atom. The first-order valence-corrected chi connectivity index (χ1v) is 7.50. The van der Waals surface area contributed by atoms with E-state index >= 15 is 0 Å². The molecule has 1 heterocycles. The Morgan fingerprint density at radius 1 is 1.48 bits per heavy atom. The zero-order valence-electron chi connectivity index (χ0n) is 12.3. The Balaban J connectivity index is 2.16. The minimum atomic E-state index is -2.60. The van der Waals surface area contributed by atoms with Gasteiger partial charge in [-0.25, -0.2) is 8.78 Å². The fourth-order valence-corrected chi connectivity index (χ4v) is 2.81. The highest BCUT2D eigenvalue weighted by molar-refractivity contribution is 7.10. The van der Waals surface area contributed by atoms with E-state index in [1.807, 2.05) is 0 Å². The van der Waals surface area contributed by atoms with Crippen molar-refractivity contribution in [3.63, 3.8) is 0 Å². The molecule has 5 nitrogen and oxygen atoms in total. The lowest BCUT2D eigenvalue weighted by Gasteiger charge is -2.14. The normalized spacial score (nSPS) is 10.6. The number of benzene rings is 1. The SMILES string of the molecule is C=Nc1ccc(O)c(CNC(=O)c2csc(C(F)F)c2)c1NC. The van der Waals surface area contributed by atoms with Crippen molar-refractivity contribution in [2.45, 2.75) is 13.0 Å². The van der Waals surface area contributed by atoms with E-state index in [9.17, 15) is 18.7 Å². The summed E-state index contributed by atoms with van der Waals surface area (Å²) in [5.41, 5.74) is 1.67. The first kappa shape index (κ1) is 16.9. The zero-order valence-corrected chi connectivity index (χ0v) is 13.1. The standard InChI is InChI=1S/C15H15F2N3O2S/c1-18-10-3-4-11(21)9(13(10)19-2)6-20-15(22)8-5-12(14(16)17)23-7-8/h3-5,7,14,19,21H,1,6H2,2H3,(H,20,22). The lowest BCUT2D eigenvalue weighted by molar-refractivity contribution is 0.0951. The molecule has 0 saturated carbocycles. The van der Waals surface area contributed by atoms with Crippen LogP contribution in [0.25, 0.3) is 0 Å². The number of aromatic hydroxyl groups is 1. The van der Waals surface area contributed by atoms with Gasteiger partial charge >= 0.3 is 0 Å². The molecular weight excluding hydrogens is 324 g/mol. The van der Waals surface area contributed by atoms with Gasteiger partial charge in [0, 0.05) is 24.5 Å². The number of thiophene rings is 1. The summed E-state index contributed by atoms with van der Waals surface area (Å²) in [5.74, 6) is -0.507. The Morgan fingerprint density at radius 2 is 2.22 bits per heavy atom. The summed E-state index contributed by atoms with van der Waals surface area (Å²) in [6.07, 6.45) is -2.60. The first-order chi connectivity index (χ1) is 11.0. The molecule has 0 aliphatic carbocycles. The summed E-state index contributed by atoms with van der Waals surface area (Å²) < 4.78 is 25.1. The maximum Gasteiger partial charge on any atom is 0.272 e. The van der Waals surface area contributed by atoms with Crippen LogP contribution in [0.2, 0.25) is 0 Å². The first-order valence-electron chi connectivity index (χ1n) is 6.62. The summed E-state index contributed by atoms with van der Waals surface area (Å²) >= 11 is 0.829. The minimum absolute atomic E-state index is 0.0133. The quantitative estimate of drug-likeness (QED) is 0.703. The van der Waals surface area contributed by atoms with Gasteiger partial charge in [-0.15, -0.1) is 11.3 Å². The van der Waals surface area contributed by atoms with E-state index in [-0.39, 0.29) is 22.7 Å². The lowest BCUT2D eigenvalue weighted by atomic mass is 10.1. The average molecular weight is 339 g/mol. The number of aliphatic imine (C=N–C) groups is 1. The van der Waals surface area contributed by atoms with Gasteiger partial charge in [0.1, 0.15) is 5.75 Å². The molecule has 0 fully saturated rings. The van der Waals surface area contributed by atoms with Crippen molar-refractivity contribution in [1.29, 1.82) is 0 Å². The molecule has 23 heavy (non-hydrogen) atoms. The van der Waals surface area contributed by atoms with Gasteiger partial charge in [0.05, 0.1) is 21.8 Å². The summed E-state index contributed by atoms with van der Waals surface area (Å²) in [4.78, 5) is 15.7. The molecule has 8 heteroatoms. The van der Waals surface area contributed by atoms with Crippen LogP contribution in [0.4, 0.5) is 20.2 Å². The van der Waals surface area contributed by atoms with Gasteiger partial charge in [0.15, 0.2) is 0 Å². The van der Waals surface area contributed by atoms with Gasteiger partial charge in [-0.05, 0) is 24.9 Å². The van der Waals surface area contributed by atoms with E-state index < -0.39 is 12.3 Å². The van der Waals surface area contributed by atoms with Gasteiger partial charge < -0.3 is 15.7 Å². The fourth-order valence-electron chi connectivity index (χ4n) is 2.07. The average Bonchev–Trinajstić information content (AvgIpc) is 3.03. The number of alkyl halides is 2. The van der Waals surface area contributed by atoms with Crippen LogP contribution in [0, 0.1) is 0 Å². The van der Waals surface area contributed by atoms with Crippen LogP contribution in [0.5, 0.6) is 5.75 Å². The zero-order chi connectivity index (χ0) is 17.0. The fraction of sp³-hybridized carbons (Fsp3) is 0.200. The largest absolute Gasteiger partial charge is 0.508 e. The second-order valence-electron chi connectivity index (χ2n) is 4.59. The van der Waals surface area contributed by atoms with Crippen LogP contribution >= 0.6 is 11.3 Å². The molecule has 0 radical (unpaired) electrons. The van der Waals surface area contributed by atoms with Gasteiger partial charge in [0.25, 0.3) is 12.3 Å². The second kappa shape index (κ2) is 7.19. The van der Waals surface area contributed by atoms with E-state index in [1.165, 1.54) is 11.4 Å². The molecule has 0 bridgehead atoms. The van der Waals surface area contributed by atoms with Crippen molar-refractivity contribution in [2.24, 2.45) is 4.99 Å². The summed E-state index contributed by atoms with van der Waals surface area (Å²) in [7, 11) is 1.66. The van der Waals surface area contributed by atoms with Crippen molar-refractivity contribution in [1.82, 2.24) is 5.32 Å². The van der Waals surface area contributed by atoms with Crippen LogP contribution < -0.4 is 10.6 Å². The number of phenolic OH excluding ortho intramolecular Hbond substituents is 1. The van der Waals surface area contributed by atoms with Crippen LogP contribution in [0.3, 0.4) is 0 Å². The minimum Gasteiger partial charge on any atom is -0.508 e. The molecule has 1 aromatic heterocycles. The molecule has 3 N–H and O–H groups in total. The number of hydrogen-bond donors (Lipinski definition) is 3. The molecule has 0 unspecified atom stereocenters. The van der Waals surface area contributed by atoms with Crippen LogP contribution in [-0.2, 0) is 6.54 Å². The number of nitrogens with zero attached hydrogens (tertiary/aromatic N) is 1. The molecule has 1 amide bonds. The number of hydrogen-bond acceptors (Lipinski definition) is 5. The van der Waals surface area contributed by atoms with E-state index in [1.54, 1.807) is 13.1 Å². The van der Waals surface area contributed by atoms with Crippen LogP contribution in [0.15, 0.2) is 28.6 Å². The van der Waals surface area contributed by atoms with Gasteiger partial charge in [-0.2, -0.15) is 0 Å². The smallest absolute Gasteiger partial charge is 0.272 e. The van der Waals surface area contributed by atoms with Crippen LogP contribution in [0.1, 0.15) is 27.2 Å². The Labute approximate surface area is 135 Å². The highest BCUT2D eigenvalue weighted by atomic mass is 32.1. The number of halogens is 2. The molecule has 0 spiro atoms. The number of carbonyl (C=O) groups is 1. The van der Waals surface area contributed by atoms with E-state index in [0.717, 1.165) is 17.4 Å². The number of amides is 1. The highest BCUT2D eigenvalue weighted by Crippen LogP contribution is 2.34. The molecule has 0 aliphatic rings. The Bertz CT molecular complexity index is 732. The Kier molecular flexibility index (Phi) is 5.28. The maximum absolute atomic E-state index is 12.6. The molecular formula is C15H15F2N3O2S. The molecule has 1 aromatic carbocycles. The van der Waals surface area contributed by atoms with Gasteiger partial charge in [-0.1, -0.05) is 0 Å². The van der Waals surface area contributed by atoms with Crippen LogP contribution in [-0.4, -0.2) is 24.8 Å². The van der Waals surface area contributed by atoms with E-state index in [0.29, 0.717) is 16.9 Å². The predicted molar refractivity (Wildman–Crippen MR) is 87.3 cm³/mol. The van der Waals surface area contributed by atoms with Crippen molar-refractivity contribution in [3.8, 4) is 5.75 Å². The summed E-state index contributed by atoms with van der Waals surface area (Å²) in [6, 6.07) is 4.20. The van der Waals surface area contributed by atoms with E-state index in [2.05, 4.69) is 22.3 Å². The molecule has 0 atom stereocenters. The van der Waals surface area contributed by atoms with Gasteiger partial charge in [-0.3, -0.25) is 9.79 Å². The number of nitrogens with one attached hydrogen (secondary N) is 2. The van der Waals surface area contributed by atoms with Gasteiger partial charge in [0.2, 0.25) is 0 Å². The topological polar surface area (TPSA) is 73.7 Å². The van der Waals surface area contributed by atoms with E-state index in [4.69, 9.17) is 0 Å². The monoisotopic (exact) mass is 339 g/mol. The number of carbonyl (C=O) groups excluding carboxylic acids is 1. The second-order valence-corrected chi connectivity index (χ2v) is 5.53. The Hall–Kier alpha value is -2.48. The maximum atomic E-state index is 12.6. The molecule has 122 valence electrons. The number of phenols is 1. The molecule has 2 rings (SSSR count). The predicted octanol–water partition coefficient (Wildman–Crippen LogP) is 3.70. The van der Waals surface area contributed by atoms with Crippen molar-refractivity contribution >= 4 is 35.3 Å². The third kappa shape index (κ3) is 3.65. The molecule has 0 saturated heterocycles.